The normalized spacial score (nSPS) is 13.3. The quantitative estimate of drug-likeness (QED) is 0.319. The van der Waals surface area contributed by atoms with Gasteiger partial charge in [0.2, 0.25) is 5.95 Å². The van der Waals surface area contributed by atoms with Crippen LogP contribution in [0.5, 0.6) is 5.75 Å². The van der Waals surface area contributed by atoms with Crippen molar-refractivity contribution in [2.24, 2.45) is 0 Å². The molecule has 5 rings (SSSR count). The molecule has 1 N–H and O–H groups in total. The van der Waals surface area contributed by atoms with Crippen molar-refractivity contribution in [3.8, 4) is 5.75 Å². The Morgan fingerprint density at radius 3 is 2.72 bits per heavy atom. The lowest BCUT2D eigenvalue weighted by molar-refractivity contribution is 0.195. The van der Waals surface area contributed by atoms with E-state index in [0.717, 1.165) is 52.4 Å². The third-order valence-electron chi connectivity index (χ3n) is 6.67. The van der Waals surface area contributed by atoms with Crippen LogP contribution >= 0.6 is 11.8 Å². The molecule has 4 aromatic heterocycles. The number of pyridine rings is 1. The molecule has 39 heavy (non-hydrogen) atoms. The monoisotopic (exact) mass is 548 g/mol. The summed E-state index contributed by atoms with van der Waals surface area (Å²) in [4.78, 5) is 31.9. The van der Waals surface area contributed by atoms with Crippen LogP contribution in [-0.4, -0.2) is 63.9 Å². The summed E-state index contributed by atoms with van der Waals surface area (Å²) in [6.45, 7) is 10.6. The average Bonchev–Trinajstić information content (AvgIpc) is 3.45. The lowest BCUT2D eigenvalue weighted by Crippen LogP contribution is -2.46. The van der Waals surface area contributed by atoms with Crippen LogP contribution in [0.3, 0.4) is 0 Å². The minimum absolute atomic E-state index is 0.130. The summed E-state index contributed by atoms with van der Waals surface area (Å²) in [6.07, 6.45) is 9.14. The molecule has 1 amide bonds. The molecule has 0 fully saturated rings. The molecule has 0 saturated heterocycles. The summed E-state index contributed by atoms with van der Waals surface area (Å²) >= 11 is 1.58. The second-order valence-corrected chi connectivity index (χ2v) is 11.5. The van der Waals surface area contributed by atoms with Crippen molar-refractivity contribution in [1.29, 1.82) is 0 Å². The molecule has 0 atom stereocenters. The number of ether oxygens (including phenoxy) is 1. The molecule has 5 heterocycles. The molecule has 4 aromatic rings. The second kappa shape index (κ2) is 10.3. The highest BCUT2D eigenvalue weighted by molar-refractivity contribution is 7.99. The van der Waals surface area contributed by atoms with Crippen LogP contribution < -0.4 is 9.64 Å². The maximum Gasteiger partial charge on any atom is 0.414 e. The highest BCUT2D eigenvalue weighted by Gasteiger charge is 2.32. The zero-order valence-corrected chi connectivity index (χ0v) is 23.8. The van der Waals surface area contributed by atoms with Crippen LogP contribution in [0.15, 0.2) is 35.5 Å². The lowest BCUT2D eigenvalue weighted by atomic mass is 10.1. The van der Waals surface area contributed by atoms with E-state index >= 15 is 0 Å². The van der Waals surface area contributed by atoms with E-state index in [1.54, 1.807) is 35.9 Å². The van der Waals surface area contributed by atoms with Crippen molar-refractivity contribution >= 4 is 40.9 Å². The van der Waals surface area contributed by atoms with Crippen molar-refractivity contribution in [2.75, 3.05) is 17.8 Å². The lowest BCUT2D eigenvalue weighted by Gasteiger charge is -2.31. The van der Waals surface area contributed by atoms with E-state index in [-0.39, 0.29) is 5.95 Å². The van der Waals surface area contributed by atoms with Gasteiger partial charge in [0, 0.05) is 47.6 Å². The number of aryl methyl sites for hydroxylation is 2. The minimum atomic E-state index is -1.11. The van der Waals surface area contributed by atoms with Crippen LogP contribution in [0.1, 0.15) is 49.7 Å². The fraction of sp³-hybridized carbons (Fsp3) is 0.407. The molecular formula is C27H32N8O3S. The van der Waals surface area contributed by atoms with Crippen LogP contribution in [0.25, 0.3) is 17.1 Å². The first-order valence-corrected chi connectivity index (χ1v) is 13.6. The van der Waals surface area contributed by atoms with E-state index in [2.05, 4.69) is 16.0 Å². The van der Waals surface area contributed by atoms with E-state index in [9.17, 15) is 9.90 Å². The fourth-order valence-electron chi connectivity index (χ4n) is 4.75. The first kappa shape index (κ1) is 26.7. The first-order valence-electron chi connectivity index (χ1n) is 12.7. The van der Waals surface area contributed by atoms with Gasteiger partial charge in [-0.2, -0.15) is 10.1 Å². The van der Waals surface area contributed by atoms with E-state index in [1.165, 1.54) is 10.5 Å². The summed E-state index contributed by atoms with van der Waals surface area (Å²) in [5.74, 6) is 1.64. The highest BCUT2D eigenvalue weighted by Crippen LogP contribution is 2.37. The molecule has 11 nitrogen and oxygen atoms in total. The molecule has 0 spiro atoms. The van der Waals surface area contributed by atoms with Gasteiger partial charge in [-0.25, -0.2) is 24.3 Å². The SMILES string of the molecule is COc1c(C)cnc(Cn2nc3c4c(nc(N(C(=O)O)C(C)(C)C)nc42)SCC(CCn2ccnc2)=C3)c1C. The molecule has 204 valence electrons. The van der Waals surface area contributed by atoms with Crippen molar-refractivity contribution in [1.82, 2.24) is 34.3 Å². The summed E-state index contributed by atoms with van der Waals surface area (Å²) in [5.41, 5.74) is 4.48. The Morgan fingerprint density at radius 1 is 1.26 bits per heavy atom. The number of imidazole rings is 1. The van der Waals surface area contributed by atoms with Gasteiger partial charge in [0.1, 0.15) is 10.8 Å². The molecule has 1 aliphatic rings. The molecule has 0 aromatic carbocycles. The Hall–Kier alpha value is -3.93. The minimum Gasteiger partial charge on any atom is -0.496 e. The van der Waals surface area contributed by atoms with Gasteiger partial charge in [0.15, 0.2) is 5.65 Å². The number of anilines is 1. The van der Waals surface area contributed by atoms with Crippen LogP contribution in [-0.2, 0) is 13.1 Å². The molecule has 0 unspecified atom stereocenters. The standard InChI is InChI=1S/C27H32N8O3S/c1-16-12-29-20(17(2)22(16)38-6)13-34-23-21-19(32-34)11-18(7-9-33-10-8-28-15-33)14-39-24(21)31-25(30-23)35(26(36)37)27(3,4)5/h8,10-12,15H,7,9,13-14H2,1-6H3,(H,36,37). The molecule has 0 radical (unpaired) electrons. The van der Waals surface area contributed by atoms with Crippen molar-refractivity contribution in [3.63, 3.8) is 0 Å². The predicted molar refractivity (Wildman–Crippen MR) is 150 cm³/mol. The summed E-state index contributed by atoms with van der Waals surface area (Å²) in [7, 11) is 1.65. The van der Waals surface area contributed by atoms with Crippen molar-refractivity contribution in [2.45, 2.75) is 64.7 Å². The van der Waals surface area contributed by atoms with E-state index in [1.807, 2.05) is 51.7 Å². The van der Waals surface area contributed by atoms with Gasteiger partial charge in [-0.1, -0.05) is 5.57 Å². The number of carboxylic acid groups (broad SMARTS) is 1. The number of carbonyl (C=O) groups is 1. The zero-order chi connectivity index (χ0) is 27.9. The van der Waals surface area contributed by atoms with Gasteiger partial charge < -0.3 is 14.4 Å². The van der Waals surface area contributed by atoms with E-state index in [0.29, 0.717) is 17.2 Å². The predicted octanol–water partition coefficient (Wildman–Crippen LogP) is 4.95. The van der Waals surface area contributed by atoms with E-state index in [4.69, 9.17) is 19.8 Å². The maximum absolute atomic E-state index is 12.3. The highest BCUT2D eigenvalue weighted by atomic mass is 32.2. The van der Waals surface area contributed by atoms with Gasteiger partial charge in [0.25, 0.3) is 0 Å². The molecule has 0 bridgehead atoms. The van der Waals surface area contributed by atoms with Crippen LogP contribution in [0, 0.1) is 13.8 Å². The zero-order valence-electron chi connectivity index (χ0n) is 23.0. The average molecular weight is 549 g/mol. The first-order chi connectivity index (χ1) is 18.6. The second-order valence-electron chi connectivity index (χ2n) is 10.5. The topological polar surface area (TPSA) is 124 Å². The van der Waals surface area contributed by atoms with Gasteiger partial charge in [-0.3, -0.25) is 4.98 Å². The fourth-order valence-corrected chi connectivity index (χ4v) is 5.79. The van der Waals surface area contributed by atoms with Gasteiger partial charge in [-0.05, 0) is 47.1 Å². The Kier molecular flexibility index (Phi) is 7.06. The van der Waals surface area contributed by atoms with E-state index < -0.39 is 11.6 Å². The molecule has 0 aliphatic carbocycles. The molecular weight excluding hydrogens is 516 g/mol. The largest absolute Gasteiger partial charge is 0.496 e. The summed E-state index contributed by atoms with van der Waals surface area (Å²) in [6, 6.07) is 0. The maximum atomic E-state index is 12.3. The number of nitrogens with zero attached hydrogens (tertiary/aromatic N) is 8. The molecule has 12 heteroatoms. The number of aromatic nitrogens is 7. The van der Waals surface area contributed by atoms with Gasteiger partial charge in [0.05, 0.1) is 36.8 Å². The summed E-state index contributed by atoms with van der Waals surface area (Å²) < 4.78 is 9.45. The van der Waals surface area contributed by atoms with Gasteiger partial charge >= 0.3 is 6.09 Å². The van der Waals surface area contributed by atoms with Crippen LogP contribution in [0.2, 0.25) is 0 Å². The smallest absolute Gasteiger partial charge is 0.414 e. The van der Waals surface area contributed by atoms with Gasteiger partial charge in [-0.15, -0.1) is 11.8 Å². The number of thioether (sulfide) groups is 1. The number of amides is 1. The molecule has 1 aliphatic heterocycles. The number of methoxy groups -OCH3 is 1. The van der Waals surface area contributed by atoms with Crippen molar-refractivity contribution < 1.29 is 14.6 Å². The summed E-state index contributed by atoms with van der Waals surface area (Å²) in [5, 5.41) is 16.6. The Balaban J connectivity index is 1.64. The third kappa shape index (κ3) is 5.20. The number of rotatable bonds is 7. The molecule has 0 saturated carbocycles. The van der Waals surface area contributed by atoms with Crippen LogP contribution in [0.4, 0.5) is 10.7 Å². The number of hydrogen-bond acceptors (Lipinski definition) is 8. The Labute approximate surface area is 230 Å². The third-order valence-corrected chi connectivity index (χ3v) is 7.75. The van der Waals surface area contributed by atoms with Crippen molar-refractivity contribution in [3.05, 3.63) is 53.0 Å². The Bertz CT molecular complexity index is 1570. The number of hydrogen-bond donors (Lipinski definition) is 1. The Morgan fingerprint density at radius 2 is 2.05 bits per heavy atom.